The van der Waals surface area contributed by atoms with Crippen LogP contribution in [0.3, 0.4) is 0 Å². The predicted molar refractivity (Wildman–Crippen MR) is 57.4 cm³/mol. The number of aliphatic hydroxyl groups excluding tert-OH is 1. The molecule has 0 saturated heterocycles. The number of amides is 1. The number of carbonyl (C=O) groups is 2. The third kappa shape index (κ3) is 3.01. The van der Waals surface area contributed by atoms with Crippen LogP contribution in [0.25, 0.3) is 0 Å². The molecule has 2 atom stereocenters. The number of thiazole rings is 1. The zero-order valence-corrected chi connectivity index (χ0v) is 9.61. The van der Waals surface area contributed by atoms with Crippen molar-refractivity contribution in [3.63, 3.8) is 0 Å². The summed E-state index contributed by atoms with van der Waals surface area (Å²) in [5.41, 5.74) is 0.161. The minimum atomic E-state index is -1.32. The van der Waals surface area contributed by atoms with Crippen LogP contribution in [0.1, 0.15) is 22.4 Å². The molecule has 7 heteroatoms. The number of carboxylic acid groups (broad SMARTS) is 1. The Morgan fingerprint density at radius 1 is 1.56 bits per heavy atom. The Hall–Kier alpha value is -1.47. The highest BCUT2D eigenvalue weighted by atomic mass is 32.1. The highest BCUT2D eigenvalue weighted by molar-refractivity contribution is 7.09. The second-order valence-electron chi connectivity index (χ2n) is 3.28. The van der Waals surface area contributed by atoms with Crippen LogP contribution < -0.4 is 5.32 Å². The average molecular weight is 244 g/mol. The highest BCUT2D eigenvalue weighted by Gasteiger charge is 2.26. The molecule has 0 aliphatic carbocycles. The molecule has 3 N–H and O–H groups in total. The number of rotatable bonds is 4. The van der Waals surface area contributed by atoms with Crippen molar-refractivity contribution < 1.29 is 19.8 Å². The summed E-state index contributed by atoms with van der Waals surface area (Å²) in [6.45, 7) is 3.04. The van der Waals surface area contributed by atoms with Crippen LogP contribution in [0.4, 0.5) is 0 Å². The van der Waals surface area contributed by atoms with E-state index in [9.17, 15) is 14.7 Å². The van der Waals surface area contributed by atoms with Crippen LogP contribution in [0.5, 0.6) is 0 Å². The molecular formula is C9H12N2O4S. The third-order valence-corrected chi connectivity index (χ3v) is 2.66. The van der Waals surface area contributed by atoms with Crippen molar-refractivity contribution in [1.82, 2.24) is 10.3 Å². The zero-order chi connectivity index (χ0) is 12.3. The molecule has 88 valence electrons. The number of aryl methyl sites for hydroxylation is 1. The fraction of sp³-hybridized carbons (Fsp3) is 0.444. The lowest BCUT2D eigenvalue weighted by atomic mass is 10.2. The number of aliphatic carboxylic acids is 1. The van der Waals surface area contributed by atoms with Gasteiger partial charge in [0.25, 0.3) is 5.91 Å². The maximum atomic E-state index is 11.5. The van der Waals surface area contributed by atoms with Gasteiger partial charge in [0.2, 0.25) is 0 Å². The minimum Gasteiger partial charge on any atom is -0.480 e. The van der Waals surface area contributed by atoms with E-state index in [1.54, 1.807) is 6.92 Å². The van der Waals surface area contributed by atoms with E-state index < -0.39 is 24.0 Å². The first kappa shape index (κ1) is 12.6. The zero-order valence-electron chi connectivity index (χ0n) is 8.80. The lowest BCUT2D eigenvalue weighted by molar-refractivity contribution is -0.141. The fourth-order valence-electron chi connectivity index (χ4n) is 1.07. The van der Waals surface area contributed by atoms with Crippen molar-refractivity contribution in [3.8, 4) is 0 Å². The summed E-state index contributed by atoms with van der Waals surface area (Å²) < 4.78 is 0. The third-order valence-electron chi connectivity index (χ3n) is 1.89. The van der Waals surface area contributed by atoms with Crippen LogP contribution in [0, 0.1) is 6.92 Å². The van der Waals surface area contributed by atoms with Crippen LogP contribution >= 0.6 is 11.3 Å². The molecule has 0 spiro atoms. The number of nitrogens with one attached hydrogen (secondary N) is 1. The Labute approximate surface area is 95.9 Å². The number of aliphatic hydroxyl groups is 1. The molecule has 1 rings (SSSR count). The highest BCUT2D eigenvalue weighted by Crippen LogP contribution is 2.08. The smallest absolute Gasteiger partial charge is 0.328 e. The number of carboxylic acids is 1. The molecule has 0 radical (unpaired) electrons. The molecule has 0 aliphatic heterocycles. The maximum Gasteiger partial charge on any atom is 0.328 e. The monoisotopic (exact) mass is 244 g/mol. The molecule has 0 unspecified atom stereocenters. The summed E-state index contributed by atoms with van der Waals surface area (Å²) in [5.74, 6) is -1.88. The van der Waals surface area contributed by atoms with E-state index in [4.69, 9.17) is 5.11 Å². The second kappa shape index (κ2) is 5.04. The number of carbonyl (C=O) groups excluding carboxylic acids is 1. The van der Waals surface area contributed by atoms with Crippen molar-refractivity contribution in [1.29, 1.82) is 0 Å². The molecule has 1 aromatic rings. The molecule has 6 nitrogen and oxygen atoms in total. The Bertz CT molecular complexity index is 402. The number of aromatic nitrogens is 1. The van der Waals surface area contributed by atoms with E-state index in [0.717, 1.165) is 0 Å². The van der Waals surface area contributed by atoms with Gasteiger partial charge < -0.3 is 15.5 Å². The van der Waals surface area contributed by atoms with E-state index in [-0.39, 0.29) is 5.69 Å². The second-order valence-corrected chi connectivity index (χ2v) is 4.34. The first-order valence-corrected chi connectivity index (χ1v) is 5.43. The Morgan fingerprint density at radius 2 is 2.19 bits per heavy atom. The van der Waals surface area contributed by atoms with Crippen molar-refractivity contribution in [3.05, 3.63) is 16.1 Å². The molecule has 1 aromatic heterocycles. The summed E-state index contributed by atoms with van der Waals surface area (Å²) in [5, 5.41) is 22.4. The van der Waals surface area contributed by atoms with Crippen LogP contribution in [0.15, 0.2) is 5.38 Å². The number of hydrogen-bond donors (Lipinski definition) is 3. The molecule has 0 bridgehead atoms. The van der Waals surface area contributed by atoms with E-state index in [1.165, 1.54) is 23.6 Å². The van der Waals surface area contributed by atoms with Crippen LogP contribution in [-0.4, -0.2) is 39.2 Å². The van der Waals surface area contributed by atoms with Crippen molar-refractivity contribution in [2.45, 2.75) is 26.0 Å². The minimum absolute atomic E-state index is 0.161. The summed E-state index contributed by atoms with van der Waals surface area (Å²) >= 11 is 1.29. The van der Waals surface area contributed by atoms with Crippen molar-refractivity contribution in [2.24, 2.45) is 0 Å². The summed E-state index contributed by atoms with van der Waals surface area (Å²) in [6.07, 6.45) is -1.17. The normalized spacial score (nSPS) is 14.2. The lowest BCUT2D eigenvalue weighted by Gasteiger charge is -2.15. The molecule has 0 aliphatic rings. The van der Waals surface area contributed by atoms with Crippen molar-refractivity contribution in [2.75, 3.05) is 0 Å². The first-order chi connectivity index (χ1) is 7.41. The van der Waals surface area contributed by atoms with Gasteiger partial charge in [-0.15, -0.1) is 11.3 Å². The molecule has 0 saturated carbocycles. The molecule has 1 heterocycles. The number of hydrogen-bond acceptors (Lipinski definition) is 5. The van der Waals surface area contributed by atoms with E-state index >= 15 is 0 Å². The Balaban J connectivity index is 2.73. The SMILES string of the molecule is Cc1nc(C(=O)N[C@H](C(=O)O)[C@@H](C)O)cs1. The van der Waals surface area contributed by atoms with E-state index in [1.807, 2.05) is 0 Å². The molecule has 16 heavy (non-hydrogen) atoms. The fourth-order valence-corrected chi connectivity index (χ4v) is 1.66. The van der Waals surface area contributed by atoms with Gasteiger partial charge in [0, 0.05) is 5.38 Å². The van der Waals surface area contributed by atoms with Gasteiger partial charge >= 0.3 is 5.97 Å². The molecule has 0 fully saturated rings. The van der Waals surface area contributed by atoms with Gasteiger partial charge in [0.15, 0.2) is 6.04 Å². The Kier molecular flexibility index (Phi) is 3.97. The van der Waals surface area contributed by atoms with E-state index in [2.05, 4.69) is 10.3 Å². The van der Waals surface area contributed by atoms with E-state index in [0.29, 0.717) is 5.01 Å². The summed E-state index contributed by atoms with van der Waals surface area (Å²) in [4.78, 5) is 26.2. The largest absolute Gasteiger partial charge is 0.480 e. The van der Waals surface area contributed by atoms with Gasteiger partial charge in [0.1, 0.15) is 5.69 Å². The Morgan fingerprint density at radius 3 is 2.56 bits per heavy atom. The topological polar surface area (TPSA) is 99.5 Å². The average Bonchev–Trinajstić information content (AvgIpc) is 2.59. The molecular weight excluding hydrogens is 232 g/mol. The van der Waals surface area contributed by atoms with Gasteiger partial charge in [-0.3, -0.25) is 4.79 Å². The predicted octanol–water partition coefficient (Wildman–Crippen LogP) is 0.0153. The standard InChI is InChI=1S/C9H12N2O4S/c1-4(12)7(9(14)15)11-8(13)6-3-16-5(2)10-6/h3-4,7,12H,1-2H3,(H,11,13)(H,14,15)/t4-,7+/m1/s1. The number of nitrogens with zero attached hydrogens (tertiary/aromatic N) is 1. The van der Waals surface area contributed by atoms with Crippen LogP contribution in [-0.2, 0) is 4.79 Å². The summed E-state index contributed by atoms with van der Waals surface area (Å²) in [7, 11) is 0. The lowest BCUT2D eigenvalue weighted by Crippen LogP contribution is -2.47. The molecule has 0 aromatic carbocycles. The maximum absolute atomic E-state index is 11.5. The van der Waals surface area contributed by atoms with Gasteiger partial charge in [-0.1, -0.05) is 0 Å². The quantitative estimate of drug-likeness (QED) is 0.693. The van der Waals surface area contributed by atoms with Gasteiger partial charge in [-0.25, -0.2) is 9.78 Å². The first-order valence-electron chi connectivity index (χ1n) is 4.55. The summed E-state index contributed by atoms with van der Waals surface area (Å²) in [6, 6.07) is -1.32. The van der Waals surface area contributed by atoms with Gasteiger partial charge in [0.05, 0.1) is 11.1 Å². The van der Waals surface area contributed by atoms with Crippen molar-refractivity contribution >= 4 is 23.2 Å². The molecule has 1 amide bonds. The van der Waals surface area contributed by atoms with Crippen LogP contribution in [0.2, 0.25) is 0 Å². The van der Waals surface area contributed by atoms with Gasteiger partial charge in [-0.2, -0.15) is 0 Å². The van der Waals surface area contributed by atoms with Gasteiger partial charge in [-0.05, 0) is 13.8 Å².